The molecule has 7 heteroatoms. The minimum Gasteiger partial charge on any atom is -0.381 e. The zero-order valence-corrected chi connectivity index (χ0v) is 12.3. The quantitative estimate of drug-likeness (QED) is 0.621. The number of nitrogens with one attached hydrogen (secondary N) is 1. The van der Waals surface area contributed by atoms with Crippen molar-refractivity contribution < 1.29 is 4.92 Å². The number of halogens is 3. The summed E-state index contributed by atoms with van der Waals surface area (Å²) in [7, 11) is 0. The third-order valence-electron chi connectivity index (χ3n) is 2.59. The molecule has 0 fully saturated rings. The van der Waals surface area contributed by atoms with E-state index in [1.165, 1.54) is 6.07 Å². The SMILES string of the molecule is O=[N+]([O-])c1cc(Cl)ccc1CNc1cc(Cl)cc(Cl)c1. The number of nitro groups is 1. The lowest BCUT2D eigenvalue weighted by Crippen LogP contribution is -2.03. The Hall–Kier alpha value is -1.49. The first kappa shape index (κ1) is 14.9. The van der Waals surface area contributed by atoms with Gasteiger partial charge in [-0.3, -0.25) is 10.1 Å². The summed E-state index contributed by atoms with van der Waals surface area (Å²) in [4.78, 5) is 10.5. The molecule has 0 amide bonds. The van der Waals surface area contributed by atoms with E-state index >= 15 is 0 Å². The van der Waals surface area contributed by atoms with E-state index in [2.05, 4.69) is 5.32 Å². The number of benzene rings is 2. The average Bonchev–Trinajstić information content (AvgIpc) is 2.36. The maximum Gasteiger partial charge on any atom is 0.275 e. The van der Waals surface area contributed by atoms with Crippen molar-refractivity contribution in [3.63, 3.8) is 0 Å². The number of hydrogen-bond donors (Lipinski definition) is 1. The average molecular weight is 332 g/mol. The van der Waals surface area contributed by atoms with Crippen LogP contribution in [-0.2, 0) is 6.54 Å². The van der Waals surface area contributed by atoms with Gasteiger partial charge in [-0.25, -0.2) is 0 Å². The maximum atomic E-state index is 11.0. The van der Waals surface area contributed by atoms with Crippen molar-refractivity contribution in [1.82, 2.24) is 0 Å². The van der Waals surface area contributed by atoms with E-state index in [-0.39, 0.29) is 12.2 Å². The molecule has 104 valence electrons. The van der Waals surface area contributed by atoms with Crippen LogP contribution < -0.4 is 5.32 Å². The van der Waals surface area contributed by atoms with Gasteiger partial charge >= 0.3 is 0 Å². The van der Waals surface area contributed by atoms with Gasteiger partial charge in [-0.2, -0.15) is 0 Å². The van der Waals surface area contributed by atoms with Crippen molar-refractivity contribution >= 4 is 46.2 Å². The summed E-state index contributed by atoms with van der Waals surface area (Å²) in [6, 6.07) is 9.53. The minimum absolute atomic E-state index is 0.0295. The molecule has 0 saturated carbocycles. The lowest BCUT2D eigenvalue weighted by molar-refractivity contribution is -0.385. The predicted molar refractivity (Wildman–Crippen MR) is 81.9 cm³/mol. The third kappa shape index (κ3) is 3.76. The molecule has 0 aromatic heterocycles. The van der Waals surface area contributed by atoms with Crippen LogP contribution in [0.3, 0.4) is 0 Å². The summed E-state index contributed by atoms with van der Waals surface area (Å²) in [6.07, 6.45) is 0. The number of nitrogens with zero attached hydrogens (tertiary/aromatic N) is 1. The monoisotopic (exact) mass is 330 g/mol. The molecule has 0 heterocycles. The predicted octanol–water partition coefficient (Wildman–Crippen LogP) is 5.17. The van der Waals surface area contributed by atoms with Crippen LogP contribution in [0.1, 0.15) is 5.56 Å². The van der Waals surface area contributed by atoms with Crippen LogP contribution in [0, 0.1) is 10.1 Å². The highest BCUT2D eigenvalue weighted by Gasteiger charge is 2.14. The molecular weight excluding hydrogens is 323 g/mol. The Balaban J connectivity index is 2.20. The molecule has 2 aromatic rings. The minimum atomic E-state index is -0.464. The van der Waals surface area contributed by atoms with E-state index in [4.69, 9.17) is 34.8 Å². The van der Waals surface area contributed by atoms with Crippen LogP contribution in [0.5, 0.6) is 0 Å². The number of anilines is 1. The van der Waals surface area contributed by atoms with Crippen LogP contribution in [0.15, 0.2) is 36.4 Å². The van der Waals surface area contributed by atoms with Gasteiger partial charge in [-0.15, -0.1) is 0 Å². The van der Waals surface area contributed by atoms with Crippen LogP contribution in [-0.4, -0.2) is 4.92 Å². The molecule has 0 aliphatic heterocycles. The number of rotatable bonds is 4. The Kier molecular flexibility index (Phi) is 4.70. The second-order valence-corrected chi connectivity index (χ2v) is 5.35. The van der Waals surface area contributed by atoms with Crippen LogP contribution >= 0.6 is 34.8 Å². The van der Waals surface area contributed by atoms with Gasteiger partial charge in [0.15, 0.2) is 0 Å². The van der Waals surface area contributed by atoms with E-state index in [0.29, 0.717) is 26.3 Å². The van der Waals surface area contributed by atoms with Gasteiger partial charge in [0, 0.05) is 38.9 Å². The summed E-state index contributed by atoms with van der Waals surface area (Å²) in [6.45, 7) is 0.268. The van der Waals surface area contributed by atoms with Gasteiger partial charge in [0.05, 0.1) is 4.92 Å². The topological polar surface area (TPSA) is 55.2 Å². The van der Waals surface area contributed by atoms with Crippen molar-refractivity contribution in [2.45, 2.75) is 6.54 Å². The van der Waals surface area contributed by atoms with Gasteiger partial charge in [-0.05, 0) is 30.3 Å². The van der Waals surface area contributed by atoms with Gasteiger partial charge in [0.2, 0.25) is 0 Å². The fourth-order valence-electron chi connectivity index (χ4n) is 1.71. The normalized spacial score (nSPS) is 10.3. The molecular formula is C13H9Cl3N2O2. The van der Waals surface area contributed by atoms with E-state index < -0.39 is 4.92 Å². The second-order valence-electron chi connectivity index (χ2n) is 4.04. The zero-order chi connectivity index (χ0) is 14.7. The fourth-order valence-corrected chi connectivity index (χ4v) is 2.40. The molecule has 0 radical (unpaired) electrons. The summed E-state index contributed by atoms with van der Waals surface area (Å²) < 4.78 is 0. The molecule has 0 saturated heterocycles. The molecule has 0 spiro atoms. The maximum absolute atomic E-state index is 11.0. The first-order chi connectivity index (χ1) is 9.45. The molecule has 2 rings (SSSR count). The van der Waals surface area contributed by atoms with Gasteiger partial charge in [0.25, 0.3) is 5.69 Å². The Morgan fingerprint density at radius 1 is 1.00 bits per heavy atom. The first-order valence-electron chi connectivity index (χ1n) is 5.58. The highest BCUT2D eigenvalue weighted by Crippen LogP contribution is 2.26. The van der Waals surface area contributed by atoms with Crippen molar-refractivity contribution in [3.05, 3.63) is 67.1 Å². The van der Waals surface area contributed by atoms with Crippen LogP contribution in [0.2, 0.25) is 15.1 Å². The van der Waals surface area contributed by atoms with Crippen molar-refractivity contribution in [3.8, 4) is 0 Å². The molecule has 2 aromatic carbocycles. The summed E-state index contributed by atoms with van der Waals surface area (Å²) in [5.74, 6) is 0. The Labute approximate surface area is 130 Å². The Bertz CT molecular complexity index is 642. The van der Waals surface area contributed by atoms with E-state index in [0.717, 1.165) is 0 Å². The molecule has 0 aliphatic rings. The molecule has 0 aliphatic carbocycles. The van der Waals surface area contributed by atoms with Gasteiger partial charge in [-0.1, -0.05) is 34.8 Å². The van der Waals surface area contributed by atoms with Gasteiger partial charge in [0.1, 0.15) is 0 Å². The van der Waals surface area contributed by atoms with Crippen molar-refractivity contribution in [2.24, 2.45) is 0 Å². The fraction of sp³-hybridized carbons (Fsp3) is 0.0769. The third-order valence-corrected chi connectivity index (χ3v) is 3.26. The summed E-state index contributed by atoms with van der Waals surface area (Å²) in [5.41, 5.74) is 1.18. The van der Waals surface area contributed by atoms with Crippen LogP contribution in [0.25, 0.3) is 0 Å². The Morgan fingerprint density at radius 3 is 2.25 bits per heavy atom. The molecule has 4 nitrogen and oxygen atoms in total. The smallest absolute Gasteiger partial charge is 0.275 e. The molecule has 0 bridgehead atoms. The second kappa shape index (κ2) is 6.31. The molecule has 0 unspecified atom stereocenters. The van der Waals surface area contributed by atoms with Crippen molar-refractivity contribution in [1.29, 1.82) is 0 Å². The molecule has 0 atom stereocenters. The zero-order valence-electron chi connectivity index (χ0n) is 10.1. The lowest BCUT2D eigenvalue weighted by Gasteiger charge is -2.08. The largest absolute Gasteiger partial charge is 0.381 e. The highest BCUT2D eigenvalue weighted by atomic mass is 35.5. The van der Waals surface area contributed by atoms with E-state index in [1.807, 2.05) is 0 Å². The lowest BCUT2D eigenvalue weighted by atomic mass is 10.1. The molecule has 20 heavy (non-hydrogen) atoms. The van der Waals surface area contributed by atoms with Gasteiger partial charge < -0.3 is 5.32 Å². The van der Waals surface area contributed by atoms with E-state index in [1.54, 1.807) is 30.3 Å². The summed E-state index contributed by atoms with van der Waals surface area (Å²) >= 11 is 17.5. The summed E-state index contributed by atoms with van der Waals surface area (Å²) in [5, 5.41) is 15.3. The standard InChI is InChI=1S/C13H9Cl3N2O2/c14-9-2-1-8(13(6-9)18(19)20)7-17-12-4-10(15)3-11(16)5-12/h1-6,17H,7H2. The number of nitro benzene ring substituents is 1. The van der Waals surface area contributed by atoms with Crippen molar-refractivity contribution in [2.75, 3.05) is 5.32 Å². The Morgan fingerprint density at radius 2 is 1.65 bits per heavy atom. The van der Waals surface area contributed by atoms with E-state index in [9.17, 15) is 10.1 Å². The highest BCUT2D eigenvalue weighted by molar-refractivity contribution is 6.35. The number of hydrogen-bond acceptors (Lipinski definition) is 3. The van der Waals surface area contributed by atoms with Crippen LogP contribution in [0.4, 0.5) is 11.4 Å². The first-order valence-corrected chi connectivity index (χ1v) is 6.72. The molecule has 1 N–H and O–H groups in total.